The smallest absolute Gasteiger partial charge is 0.265 e. The number of rotatable bonds is 4. The van der Waals surface area contributed by atoms with E-state index in [4.69, 9.17) is 0 Å². The predicted molar refractivity (Wildman–Crippen MR) is 84.3 cm³/mol. The number of fused-ring (bicyclic) bond motifs is 1. The van der Waals surface area contributed by atoms with Gasteiger partial charge in [0.2, 0.25) is 0 Å². The molecular weight excluding hydrogens is 319 g/mol. The molecule has 0 unspecified atom stereocenters. The Kier molecular flexibility index (Phi) is 3.77. The molecule has 1 aromatic carbocycles. The van der Waals surface area contributed by atoms with Gasteiger partial charge in [-0.3, -0.25) is 8.71 Å². The first-order valence-corrected chi connectivity index (χ1v) is 8.47. The average Bonchev–Trinajstić information content (AvgIpc) is 2.90. The highest BCUT2D eigenvalue weighted by Crippen LogP contribution is 2.24. The molecule has 120 valence electrons. The van der Waals surface area contributed by atoms with Gasteiger partial charge in [-0.1, -0.05) is 0 Å². The van der Waals surface area contributed by atoms with Gasteiger partial charge in [0.05, 0.1) is 5.69 Å². The number of hydrogen-bond acceptors (Lipinski definition) is 4. The first-order chi connectivity index (χ1) is 10.9. The maximum atomic E-state index is 13.1. The number of sulfonamides is 1. The van der Waals surface area contributed by atoms with E-state index in [2.05, 4.69) is 10.2 Å². The normalized spacial score (nSPS) is 11.8. The van der Waals surface area contributed by atoms with Crippen LogP contribution in [-0.4, -0.2) is 29.6 Å². The van der Waals surface area contributed by atoms with Crippen molar-refractivity contribution in [1.82, 2.24) is 14.6 Å². The lowest BCUT2D eigenvalue weighted by Gasteiger charge is -2.23. The van der Waals surface area contributed by atoms with Crippen molar-refractivity contribution in [2.24, 2.45) is 0 Å². The van der Waals surface area contributed by atoms with Crippen LogP contribution in [0.2, 0.25) is 0 Å². The Balaban J connectivity index is 2.10. The Bertz CT molecular complexity index is 951. The molecule has 0 aliphatic rings. The topological polar surface area (TPSA) is 67.6 Å². The number of halogens is 1. The van der Waals surface area contributed by atoms with Crippen LogP contribution in [0.15, 0.2) is 47.5 Å². The summed E-state index contributed by atoms with van der Waals surface area (Å²) in [6.45, 7) is 3.70. The summed E-state index contributed by atoms with van der Waals surface area (Å²) in [5, 5.41) is 7.85. The van der Waals surface area contributed by atoms with Crippen molar-refractivity contribution in [3.8, 4) is 0 Å². The summed E-state index contributed by atoms with van der Waals surface area (Å²) >= 11 is 0. The van der Waals surface area contributed by atoms with Gasteiger partial charge in [-0.05, 0) is 50.2 Å². The van der Waals surface area contributed by atoms with Crippen molar-refractivity contribution in [3.63, 3.8) is 0 Å². The molecule has 2 aromatic heterocycles. The van der Waals surface area contributed by atoms with Gasteiger partial charge in [0.1, 0.15) is 16.5 Å². The fraction of sp³-hybridized carbons (Fsp3) is 0.200. The van der Waals surface area contributed by atoms with Crippen LogP contribution in [0.25, 0.3) is 5.65 Å². The molecule has 0 N–H and O–H groups in total. The Morgan fingerprint density at radius 1 is 1.13 bits per heavy atom. The van der Waals surface area contributed by atoms with Crippen molar-refractivity contribution < 1.29 is 12.8 Å². The summed E-state index contributed by atoms with van der Waals surface area (Å²) in [5.41, 5.74) is 0.987. The van der Waals surface area contributed by atoms with Gasteiger partial charge in [0.15, 0.2) is 5.65 Å². The Labute approximate surface area is 133 Å². The molecule has 6 nitrogen and oxygen atoms in total. The van der Waals surface area contributed by atoms with Gasteiger partial charge in [-0.2, -0.15) is 0 Å². The first kappa shape index (κ1) is 15.4. The number of hydrogen-bond donors (Lipinski definition) is 0. The largest absolute Gasteiger partial charge is 0.285 e. The summed E-state index contributed by atoms with van der Waals surface area (Å²) in [7, 11) is -3.77. The Hall–Kier alpha value is -2.48. The third-order valence-electron chi connectivity index (χ3n) is 3.54. The zero-order chi connectivity index (χ0) is 16.6. The summed E-state index contributed by atoms with van der Waals surface area (Å²) < 4.78 is 41.7. The second-order valence-electron chi connectivity index (χ2n) is 4.99. The minimum Gasteiger partial charge on any atom is -0.285 e. The lowest BCUT2D eigenvalue weighted by molar-refractivity contribution is 0.591. The maximum Gasteiger partial charge on any atom is 0.265 e. The number of benzene rings is 1. The van der Waals surface area contributed by atoms with Gasteiger partial charge in [0.25, 0.3) is 10.0 Å². The molecule has 0 bridgehead atoms. The zero-order valence-electron chi connectivity index (χ0n) is 12.6. The fourth-order valence-corrected chi connectivity index (χ4v) is 3.84. The second kappa shape index (κ2) is 5.62. The van der Waals surface area contributed by atoms with E-state index in [0.29, 0.717) is 17.2 Å². The monoisotopic (exact) mass is 334 g/mol. The SMILES string of the molecule is CCN(c1ccc(F)cc1)S(=O)(=O)c1ccc2nnc(C)n2c1. The Morgan fingerprint density at radius 3 is 2.48 bits per heavy atom. The van der Waals surface area contributed by atoms with E-state index in [1.165, 1.54) is 40.8 Å². The van der Waals surface area contributed by atoms with Crippen LogP contribution in [0, 0.1) is 12.7 Å². The maximum absolute atomic E-state index is 13.1. The van der Waals surface area contributed by atoms with Crippen LogP contribution in [-0.2, 0) is 10.0 Å². The van der Waals surface area contributed by atoms with E-state index in [-0.39, 0.29) is 11.4 Å². The number of nitrogens with zero attached hydrogens (tertiary/aromatic N) is 4. The average molecular weight is 334 g/mol. The highest BCUT2D eigenvalue weighted by atomic mass is 32.2. The van der Waals surface area contributed by atoms with Crippen LogP contribution in [0.3, 0.4) is 0 Å². The van der Waals surface area contributed by atoms with E-state index >= 15 is 0 Å². The van der Waals surface area contributed by atoms with Gasteiger partial charge >= 0.3 is 0 Å². The summed E-state index contributed by atoms with van der Waals surface area (Å²) in [6, 6.07) is 8.45. The van der Waals surface area contributed by atoms with Crippen molar-refractivity contribution in [2.45, 2.75) is 18.7 Å². The van der Waals surface area contributed by atoms with E-state index in [1.54, 1.807) is 24.3 Å². The molecule has 23 heavy (non-hydrogen) atoms. The number of aryl methyl sites for hydroxylation is 1. The van der Waals surface area contributed by atoms with Crippen LogP contribution < -0.4 is 4.31 Å². The van der Waals surface area contributed by atoms with Crippen molar-refractivity contribution in [3.05, 3.63) is 54.2 Å². The molecule has 0 radical (unpaired) electrons. The third-order valence-corrected chi connectivity index (χ3v) is 5.42. The molecule has 0 saturated carbocycles. The standard InChI is InChI=1S/C15H15FN4O2S/c1-3-20(13-6-4-12(16)5-7-13)23(21,22)14-8-9-15-18-17-11(2)19(15)10-14/h4-10H,3H2,1-2H3. The van der Waals surface area contributed by atoms with E-state index in [9.17, 15) is 12.8 Å². The highest BCUT2D eigenvalue weighted by Gasteiger charge is 2.24. The van der Waals surface area contributed by atoms with Crippen LogP contribution in [0.5, 0.6) is 0 Å². The third kappa shape index (κ3) is 2.65. The Morgan fingerprint density at radius 2 is 1.83 bits per heavy atom. The predicted octanol–water partition coefficient (Wildman–Crippen LogP) is 2.39. The molecule has 3 rings (SSSR count). The fourth-order valence-electron chi connectivity index (χ4n) is 2.36. The zero-order valence-corrected chi connectivity index (χ0v) is 13.5. The van der Waals surface area contributed by atoms with Gasteiger partial charge in [-0.25, -0.2) is 12.8 Å². The van der Waals surface area contributed by atoms with Gasteiger partial charge < -0.3 is 0 Å². The molecule has 0 aliphatic carbocycles. The molecule has 0 aliphatic heterocycles. The number of anilines is 1. The van der Waals surface area contributed by atoms with E-state index in [1.807, 2.05) is 0 Å². The molecule has 0 fully saturated rings. The molecule has 0 saturated heterocycles. The minimum absolute atomic E-state index is 0.124. The molecule has 8 heteroatoms. The van der Waals surface area contributed by atoms with Crippen molar-refractivity contribution in [1.29, 1.82) is 0 Å². The van der Waals surface area contributed by atoms with E-state index < -0.39 is 15.8 Å². The summed E-state index contributed by atoms with van der Waals surface area (Å²) in [4.78, 5) is 0.124. The molecule has 2 heterocycles. The minimum atomic E-state index is -3.77. The lowest BCUT2D eigenvalue weighted by atomic mass is 10.3. The molecular formula is C15H15FN4O2S. The van der Waals surface area contributed by atoms with Crippen molar-refractivity contribution >= 4 is 21.4 Å². The van der Waals surface area contributed by atoms with Crippen LogP contribution in [0.1, 0.15) is 12.7 Å². The van der Waals surface area contributed by atoms with E-state index in [0.717, 1.165) is 0 Å². The summed E-state index contributed by atoms with van der Waals surface area (Å²) in [6.07, 6.45) is 1.49. The lowest BCUT2D eigenvalue weighted by Crippen LogP contribution is -2.31. The molecule has 3 aromatic rings. The number of aromatic nitrogens is 3. The van der Waals surface area contributed by atoms with Crippen molar-refractivity contribution in [2.75, 3.05) is 10.8 Å². The molecule has 0 spiro atoms. The highest BCUT2D eigenvalue weighted by molar-refractivity contribution is 7.92. The van der Waals surface area contributed by atoms with Crippen LogP contribution >= 0.6 is 0 Å². The number of pyridine rings is 1. The quantitative estimate of drug-likeness (QED) is 0.735. The molecule has 0 amide bonds. The van der Waals surface area contributed by atoms with Gasteiger partial charge in [0, 0.05) is 12.7 Å². The summed E-state index contributed by atoms with van der Waals surface area (Å²) in [5.74, 6) is 0.186. The first-order valence-electron chi connectivity index (χ1n) is 7.03. The van der Waals surface area contributed by atoms with Gasteiger partial charge in [-0.15, -0.1) is 10.2 Å². The molecule has 0 atom stereocenters. The van der Waals surface area contributed by atoms with Crippen LogP contribution in [0.4, 0.5) is 10.1 Å². The second-order valence-corrected chi connectivity index (χ2v) is 6.85.